The van der Waals surface area contributed by atoms with Crippen molar-refractivity contribution in [2.45, 2.75) is 6.42 Å². The Morgan fingerprint density at radius 1 is 1.61 bits per heavy atom. The lowest BCUT2D eigenvalue weighted by atomic mass is 10.2. The van der Waals surface area contributed by atoms with Crippen molar-refractivity contribution in [1.82, 2.24) is 0 Å². The summed E-state index contributed by atoms with van der Waals surface area (Å²) in [6, 6.07) is 1.92. The minimum absolute atomic E-state index is 0.0777. The molecule has 0 heterocycles. The van der Waals surface area contributed by atoms with Crippen LogP contribution >= 0.6 is 11.6 Å². The van der Waals surface area contributed by atoms with Crippen LogP contribution in [0.4, 0.5) is 5.69 Å². The molecule has 0 spiro atoms. The van der Waals surface area contributed by atoms with Gasteiger partial charge in [0, 0.05) is 18.6 Å². The summed E-state index contributed by atoms with van der Waals surface area (Å²) >= 11 is 5.76. The second kappa shape index (κ2) is 5.89. The van der Waals surface area contributed by atoms with Crippen LogP contribution in [0.2, 0.25) is 5.02 Å². The Hall–Kier alpha value is -2.26. The number of nitro benzene ring substituents is 1. The molecule has 1 N–H and O–H groups in total. The lowest BCUT2D eigenvalue weighted by Gasteiger charge is -2.09. The van der Waals surface area contributed by atoms with Gasteiger partial charge in [0.1, 0.15) is 5.56 Å². The van der Waals surface area contributed by atoms with E-state index >= 15 is 0 Å². The largest absolute Gasteiger partial charge is 0.490 e. The van der Waals surface area contributed by atoms with E-state index in [0.29, 0.717) is 0 Å². The van der Waals surface area contributed by atoms with E-state index in [9.17, 15) is 14.9 Å². The molecule has 0 aliphatic carbocycles. The van der Waals surface area contributed by atoms with Crippen LogP contribution in [0.3, 0.4) is 0 Å². The van der Waals surface area contributed by atoms with Crippen LogP contribution in [0, 0.1) is 22.5 Å². The van der Waals surface area contributed by atoms with Crippen molar-refractivity contribution in [1.29, 1.82) is 0 Å². The minimum atomic E-state index is -1.36. The van der Waals surface area contributed by atoms with E-state index in [4.69, 9.17) is 27.9 Å². The molecule has 0 atom stereocenters. The van der Waals surface area contributed by atoms with E-state index in [0.717, 1.165) is 12.1 Å². The summed E-state index contributed by atoms with van der Waals surface area (Å²) in [7, 11) is 0. The Balaban J connectivity index is 3.20. The van der Waals surface area contributed by atoms with Gasteiger partial charge in [0.2, 0.25) is 0 Å². The van der Waals surface area contributed by atoms with Crippen LogP contribution in [0.5, 0.6) is 5.75 Å². The molecule has 0 bridgehead atoms. The zero-order valence-electron chi connectivity index (χ0n) is 9.05. The van der Waals surface area contributed by atoms with Gasteiger partial charge in [-0.25, -0.2) is 4.79 Å². The number of ether oxygens (including phenoxy) is 1. The molecule has 0 aliphatic heterocycles. The Morgan fingerprint density at radius 2 is 2.28 bits per heavy atom. The zero-order chi connectivity index (χ0) is 13.7. The van der Waals surface area contributed by atoms with Gasteiger partial charge in [-0.05, 0) is 0 Å². The molecule has 18 heavy (non-hydrogen) atoms. The molecule has 7 heteroatoms. The van der Waals surface area contributed by atoms with E-state index in [1.165, 1.54) is 0 Å². The highest BCUT2D eigenvalue weighted by Crippen LogP contribution is 2.33. The van der Waals surface area contributed by atoms with E-state index in [-0.39, 0.29) is 29.4 Å². The predicted molar refractivity (Wildman–Crippen MR) is 64.0 cm³/mol. The normalized spacial score (nSPS) is 9.56. The van der Waals surface area contributed by atoms with Gasteiger partial charge in [-0.2, -0.15) is 0 Å². The highest BCUT2D eigenvalue weighted by atomic mass is 35.5. The third-order valence-electron chi connectivity index (χ3n) is 1.96. The summed E-state index contributed by atoms with van der Waals surface area (Å²) in [5, 5.41) is 19.4. The average Bonchev–Trinajstić information content (AvgIpc) is 2.30. The Bertz CT molecular complexity index is 535. The second-order valence-electron chi connectivity index (χ2n) is 3.17. The summed E-state index contributed by atoms with van der Waals surface area (Å²) in [5.74, 6) is 0.827. The maximum absolute atomic E-state index is 11.0. The molecule has 0 radical (unpaired) electrons. The van der Waals surface area contributed by atoms with Crippen molar-refractivity contribution < 1.29 is 19.6 Å². The molecular weight excluding hydrogens is 262 g/mol. The molecule has 1 aromatic carbocycles. The molecule has 0 fully saturated rings. The standard InChI is InChI=1S/C11H8ClNO5/c1-2-3-4-18-10-8(11(14)15)5-7(13(16)17)6-9(10)12/h1,5-6H,3-4H2,(H,14,15). The fraction of sp³-hybridized carbons (Fsp3) is 0.182. The van der Waals surface area contributed by atoms with Gasteiger partial charge in [0.05, 0.1) is 16.6 Å². The summed E-state index contributed by atoms with van der Waals surface area (Å²) in [5.41, 5.74) is -0.784. The fourth-order valence-corrected chi connectivity index (χ4v) is 1.47. The molecular formula is C11H8ClNO5. The van der Waals surface area contributed by atoms with Crippen LogP contribution in [0.1, 0.15) is 16.8 Å². The lowest BCUT2D eigenvalue weighted by molar-refractivity contribution is -0.384. The number of carboxylic acid groups (broad SMARTS) is 1. The summed E-state index contributed by atoms with van der Waals surface area (Å²) in [6.45, 7) is 0.0777. The number of benzene rings is 1. The van der Waals surface area contributed by atoms with Crippen LogP contribution in [-0.2, 0) is 0 Å². The molecule has 0 aliphatic rings. The summed E-state index contributed by atoms with van der Waals surface area (Å²) < 4.78 is 5.13. The summed E-state index contributed by atoms with van der Waals surface area (Å²) in [4.78, 5) is 20.8. The van der Waals surface area contributed by atoms with Gasteiger partial charge in [-0.1, -0.05) is 11.6 Å². The fourth-order valence-electron chi connectivity index (χ4n) is 1.20. The van der Waals surface area contributed by atoms with Crippen LogP contribution in [0.25, 0.3) is 0 Å². The molecule has 6 nitrogen and oxygen atoms in total. The minimum Gasteiger partial charge on any atom is -0.490 e. The van der Waals surface area contributed by atoms with Gasteiger partial charge in [-0.3, -0.25) is 10.1 Å². The van der Waals surface area contributed by atoms with Crippen LogP contribution in [-0.4, -0.2) is 22.6 Å². The first kappa shape index (κ1) is 13.8. The van der Waals surface area contributed by atoms with Crippen LogP contribution < -0.4 is 4.74 Å². The van der Waals surface area contributed by atoms with Crippen molar-refractivity contribution in [2.75, 3.05) is 6.61 Å². The van der Waals surface area contributed by atoms with Gasteiger partial charge in [-0.15, -0.1) is 12.3 Å². The maximum atomic E-state index is 11.0. The van der Waals surface area contributed by atoms with Crippen molar-refractivity contribution in [3.8, 4) is 18.1 Å². The topological polar surface area (TPSA) is 89.7 Å². The van der Waals surface area contributed by atoms with E-state index < -0.39 is 16.6 Å². The van der Waals surface area contributed by atoms with Crippen molar-refractivity contribution in [2.24, 2.45) is 0 Å². The number of terminal acetylenes is 1. The van der Waals surface area contributed by atoms with Gasteiger partial charge in [0.25, 0.3) is 5.69 Å². The quantitative estimate of drug-likeness (QED) is 0.383. The number of halogens is 1. The molecule has 0 unspecified atom stereocenters. The van der Waals surface area contributed by atoms with Gasteiger partial charge in [0.15, 0.2) is 5.75 Å². The number of nitro groups is 1. The second-order valence-corrected chi connectivity index (χ2v) is 3.58. The van der Waals surface area contributed by atoms with Crippen molar-refractivity contribution in [3.05, 3.63) is 32.8 Å². The Labute approximate surface area is 107 Å². The Kier molecular flexibility index (Phi) is 4.52. The first-order valence-electron chi connectivity index (χ1n) is 4.75. The van der Waals surface area contributed by atoms with E-state index in [2.05, 4.69) is 5.92 Å². The van der Waals surface area contributed by atoms with E-state index in [1.54, 1.807) is 0 Å². The van der Waals surface area contributed by atoms with Crippen molar-refractivity contribution >= 4 is 23.3 Å². The highest BCUT2D eigenvalue weighted by Gasteiger charge is 2.21. The average molecular weight is 270 g/mol. The zero-order valence-corrected chi connectivity index (χ0v) is 9.81. The Morgan fingerprint density at radius 3 is 2.78 bits per heavy atom. The van der Waals surface area contributed by atoms with E-state index in [1.807, 2.05) is 0 Å². The molecule has 1 rings (SSSR count). The molecule has 1 aromatic rings. The number of hydrogen-bond donors (Lipinski definition) is 1. The maximum Gasteiger partial charge on any atom is 0.339 e. The molecule has 0 saturated carbocycles. The number of hydrogen-bond acceptors (Lipinski definition) is 4. The number of carboxylic acids is 1. The predicted octanol–water partition coefficient (Wildman–Crippen LogP) is 2.35. The highest BCUT2D eigenvalue weighted by molar-refractivity contribution is 6.32. The molecule has 0 saturated heterocycles. The number of nitrogens with zero attached hydrogens (tertiary/aromatic N) is 1. The smallest absolute Gasteiger partial charge is 0.339 e. The summed E-state index contributed by atoms with van der Waals surface area (Å²) in [6.07, 6.45) is 5.29. The molecule has 0 amide bonds. The third kappa shape index (κ3) is 3.12. The number of carbonyl (C=O) groups is 1. The lowest BCUT2D eigenvalue weighted by Crippen LogP contribution is -2.06. The number of aromatic carboxylic acids is 1. The third-order valence-corrected chi connectivity index (χ3v) is 2.24. The SMILES string of the molecule is C#CCCOc1c(Cl)cc([N+](=O)[O-])cc1C(=O)O. The first-order chi connectivity index (χ1) is 8.47. The molecule has 0 aromatic heterocycles. The monoisotopic (exact) mass is 269 g/mol. The van der Waals surface area contributed by atoms with Gasteiger partial charge >= 0.3 is 5.97 Å². The first-order valence-corrected chi connectivity index (χ1v) is 5.12. The van der Waals surface area contributed by atoms with Gasteiger partial charge < -0.3 is 9.84 Å². The molecule has 94 valence electrons. The number of rotatable bonds is 5. The van der Waals surface area contributed by atoms with Crippen LogP contribution in [0.15, 0.2) is 12.1 Å². The van der Waals surface area contributed by atoms with Crippen molar-refractivity contribution in [3.63, 3.8) is 0 Å². The number of non-ortho nitro benzene ring substituents is 1.